The van der Waals surface area contributed by atoms with Crippen LogP contribution < -0.4 is 11.1 Å². The summed E-state index contributed by atoms with van der Waals surface area (Å²) in [7, 11) is 0. The molecule has 0 saturated carbocycles. The van der Waals surface area contributed by atoms with E-state index in [0.29, 0.717) is 11.3 Å². The minimum absolute atomic E-state index is 0.0477. The zero-order valence-corrected chi connectivity index (χ0v) is 13.1. The topological polar surface area (TPSA) is 55.1 Å². The zero-order valence-electron chi connectivity index (χ0n) is 11.5. The molecule has 20 heavy (non-hydrogen) atoms. The van der Waals surface area contributed by atoms with Gasteiger partial charge < -0.3 is 11.1 Å². The summed E-state index contributed by atoms with van der Waals surface area (Å²) >= 11 is 3.40. The molecule has 0 aromatic heterocycles. The van der Waals surface area contributed by atoms with Crippen molar-refractivity contribution >= 4 is 27.5 Å². The highest BCUT2D eigenvalue weighted by Crippen LogP contribution is 2.18. The Morgan fingerprint density at radius 2 is 1.85 bits per heavy atom. The normalized spacial score (nSPS) is 11.9. The summed E-state index contributed by atoms with van der Waals surface area (Å²) in [5, 5.41) is 2.98. The van der Waals surface area contributed by atoms with Gasteiger partial charge in [0.25, 0.3) is 5.91 Å². The maximum Gasteiger partial charge on any atom is 0.251 e. The van der Waals surface area contributed by atoms with Crippen LogP contribution >= 0.6 is 15.9 Å². The molecule has 2 aromatic rings. The van der Waals surface area contributed by atoms with Crippen molar-refractivity contribution in [1.82, 2.24) is 5.32 Å². The largest absolute Gasteiger partial charge is 0.399 e. The number of rotatable bonds is 3. The van der Waals surface area contributed by atoms with E-state index in [-0.39, 0.29) is 11.9 Å². The van der Waals surface area contributed by atoms with Crippen molar-refractivity contribution in [2.75, 3.05) is 5.73 Å². The van der Waals surface area contributed by atoms with Gasteiger partial charge in [0.05, 0.1) is 6.04 Å². The highest BCUT2D eigenvalue weighted by atomic mass is 79.9. The first kappa shape index (κ1) is 14.6. The molecule has 0 bridgehead atoms. The average Bonchev–Trinajstić information content (AvgIpc) is 2.42. The van der Waals surface area contributed by atoms with Crippen molar-refractivity contribution in [2.45, 2.75) is 19.9 Å². The first-order chi connectivity index (χ1) is 9.47. The fourth-order valence-electron chi connectivity index (χ4n) is 1.93. The first-order valence-corrected chi connectivity index (χ1v) is 7.19. The van der Waals surface area contributed by atoms with Gasteiger partial charge in [-0.2, -0.15) is 0 Å². The zero-order chi connectivity index (χ0) is 14.7. The predicted octanol–water partition coefficient (Wildman–Crippen LogP) is 3.83. The first-order valence-electron chi connectivity index (χ1n) is 6.40. The Hall–Kier alpha value is -1.81. The summed E-state index contributed by atoms with van der Waals surface area (Å²) in [5.74, 6) is -0.0940. The second kappa shape index (κ2) is 6.09. The van der Waals surface area contributed by atoms with E-state index in [0.717, 1.165) is 15.6 Å². The van der Waals surface area contributed by atoms with Gasteiger partial charge in [-0.3, -0.25) is 4.79 Å². The number of amides is 1. The van der Waals surface area contributed by atoms with Crippen molar-refractivity contribution in [3.63, 3.8) is 0 Å². The average molecular weight is 333 g/mol. The quantitative estimate of drug-likeness (QED) is 0.839. The van der Waals surface area contributed by atoms with Gasteiger partial charge in [-0.25, -0.2) is 0 Å². The number of anilines is 1. The van der Waals surface area contributed by atoms with Crippen LogP contribution in [0.1, 0.15) is 34.5 Å². The minimum Gasteiger partial charge on any atom is -0.399 e. The van der Waals surface area contributed by atoms with Crippen LogP contribution in [-0.2, 0) is 0 Å². The number of nitrogen functional groups attached to an aromatic ring is 1. The molecule has 1 amide bonds. The van der Waals surface area contributed by atoms with Crippen LogP contribution in [0.5, 0.6) is 0 Å². The summed E-state index contributed by atoms with van der Waals surface area (Å²) < 4.78 is 1.02. The highest BCUT2D eigenvalue weighted by Gasteiger charge is 2.12. The van der Waals surface area contributed by atoms with Gasteiger partial charge in [-0.05, 0) is 55.3 Å². The van der Waals surface area contributed by atoms with Crippen molar-refractivity contribution in [3.8, 4) is 0 Å². The molecule has 0 fully saturated rings. The molecule has 0 radical (unpaired) electrons. The van der Waals surface area contributed by atoms with E-state index in [4.69, 9.17) is 5.73 Å². The Morgan fingerprint density at radius 1 is 1.20 bits per heavy atom. The van der Waals surface area contributed by atoms with Crippen molar-refractivity contribution < 1.29 is 4.79 Å². The maximum absolute atomic E-state index is 12.2. The molecule has 1 atom stereocenters. The van der Waals surface area contributed by atoms with Gasteiger partial charge in [0.15, 0.2) is 0 Å². The van der Waals surface area contributed by atoms with Crippen molar-refractivity contribution in [3.05, 3.63) is 63.6 Å². The number of aryl methyl sites for hydroxylation is 1. The number of hydrogen-bond acceptors (Lipinski definition) is 2. The molecule has 0 saturated heterocycles. The smallest absolute Gasteiger partial charge is 0.251 e. The predicted molar refractivity (Wildman–Crippen MR) is 85.6 cm³/mol. The second-order valence-corrected chi connectivity index (χ2v) is 5.73. The van der Waals surface area contributed by atoms with Gasteiger partial charge in [0.2, 0.25) is 0 Å². The van der Waals surface area contributed by atoms with E-state index in [9.17, 15) is 4.79 Å². The lowest BCUT2D eigenvalue weighted by Gasteiger charge is -2.15. The number of carbonyl (C=O) groups is 1. The number of halogens is 1. The van der Waals surface area contributed by atoms with E-state index < -0.39 is 0 Å². The van der Waals surface area contributed by atoms with Crippen LogP contribution in [0.4, 0.5) is 5.69 Å². The number of carbonyl (C=O) groups excluding carboxylic acids is 1. The molecule has 3 nitrogen and oxygen atoms in total. The molecule has 0 aliphatic carbocycles. The number of nitrogens with two attached hydrogens (primary N) is 1. The lowest BCUT2D eigenvalue weighted by Crippen LogP contribution is -2.26. The fraction of sp³-hybridized carbons (Fsp3) is 0.188. The molecule has 104 valence electrons. The molecular weight excluding hydrogens is 316 g/mol. The summed E-state index contributed by atoms with van der Waals surface area (Å²) in [6.45, 7) is 3.86. The maximum atomic E-state index is 12.2. The molecule has 3 N–H and O–H groups in total. The fourth-order valence-corrected chi connectivity index (χ4v) is 2.20. The van der Waals surface area contributed by atoms with Crippen LogP contribution in [0.3, 0.4) is 0 Å². The molecule has 0 heterocycles. The van der Waals surface area contributed by atoms with E-state index >= 15 is 0 Å². The lowest BCUT2D eigenvalue weighted by molar-refractivity contribution is 0.0940. The number of nitrogens with one attached hydrogen (secondary N) is 1. The SMILES string of the molecule is Cc1cc(C(=O)N[C@@H](C)c2ccc(Br)cc2)ccc1N. The highest BCUT2D eigenvalue weighted by molar-refractivity contribution is 9.10. The monoisotopic (exact) mass is 332 g/mol. The molecule has 4 heteroatoms. The Bertz CT molecular complexity index is 623. The van der Waals surface area contributed by atoms with Crippen LogP contribution in [-0.4, -0.2) is 5.91 Å². The molecule has 2 aromatic carbocycles. The molecule has 0 aliphatic rings. The molecular formula is C16H17BrN2O. The van der Waals surface area contributed by atoms with Gasteiger partial charge in [0.1, 0.15) is 0 Å². The Labute approximate surface area is 127 Å². The number of benzene rings is 2. The van der Waals surface area contributed by atoms with Crippen LogP contribution in [0.25, 0.3) is 0 Å². The Morgan fingerprint density at radius 3 is 2.45 bits per heavy atom. The van der Waals surface area contributed by atoms with Gasteiger partial charge >= 0.3 is 0 Å². The summed E-state index contributed by atoms with van der Waals surface area (Å²) in [5.41, 5.74) is 9.06. The van der Waals surface area contributed by atoms with E-state index in [1.807, 2.05) is 38.1 Å². The summed E-state index contributed by atoms with van der Waals surface area (Å²) in [6.07, 6.45) is 0. The second-order valence-electron chi connectivity index (χ2n) is 4.82. The molecule has 2 rings (SSSR count). The third kappa shape index (κ3) is 3.39. The number of hydrogen-bond donors (Lipinski definition) is 2. The molecule has 0 aliphatic heterocycles. The Kier molecular flexibility index (Phi) is 4.45. The standard InChI is InChI=1S/C16H17BrN2O/c1-10-9-13(5-8-15(10)18)16(20)19-11(2)12-3-6-14(17)7-4-12/h3-9,11H,18H2,1-2H3,(H,19,20)/t11-/m0/s1. The molecule has 0 unspecified atom stereocenters. The summed E-state index contributed by atoms with van der Waals surface area (Å²) in [6, 6.07) is 13.2. The van der Waals surface area contributed by atoms with Crippen molar-refractivity contribution in [1.29, 1.82) is 0 Å². The van der Waals surface area contributed by atoms with Crippen molar-refractivity contribution in [2.24, 2.45) is 0 Å². The minimum atomic E-state index is -0.0940. The molecule has 0 spiro atoms. The van der Waals surface area contributed by atoms with Gasteiger partial charge in [0, 0.05) is 15.7 Å². The van der Waals surface area contributed by atoms with E-state index in [1.165, 1.54) is 0 Å². The summed E-state index contributed by atoms with van der Waals surface area (Å²) in [4.78, 5) is 12.2. The third-order valence-electron chi connectivity index (χ3n) is 3.25. The lowest BCUT2D eigenvalue weighted by atomic mass is 10.1. The van der Waals surface area contributed by atoms with Crippen LogP contribution in [0, 0.1) is 6.92 Å². The van der Waals surface area contributed by atoms with Gasteiger partial charge in [-0.15, -0.1) is 0 Å². The van der Waals surface area contributed by atoms with E-state index in [2.05, 4.69) is 21.2 Å². The third-order valence-corrected chi connectivity index (χ3v) is 3.78. The van der Waals surface area contributed by atoms with Crippen LogP contribution in [0.2, 0.25) is 0 Å². The van der Waals surface area contributed by atoms with Gasteiger partial charge in [-0.1, -0.05) is 28.1 Å². The Balaban J connectivity index is 2.10. The van der Waals surface area contributed by atoms with E-state index in [1.54, 1.807) is 18.2 Å². The van der Waals surface area contributed by atoms with Crippen LogP contribution in [0.15, 0.2) is 46.9 Å².